The fourth-order valence-electron chi connectivity index (χ4n) is 1.23. The molecule has 0 aliphatic rings. The maximum atomic E-state index is 10.5. The summed E-state index contributed by atoms with van der Waals surface area (Å²) in [6.07, 6.45) is 4.32. The van der Waals surface area contributed by atoms with E-state index in [1.807, 2.05) is 6.07 Å². The lowest BCUT2D eigenvalue weighted by Crippen LogP contribution is -1.98. The lowest BCUT2D eigenvalue weighted by molar-refractivity contribution is 0.111. The van der Waals surface area contributed by atoms with Crippen molar-refractivity contribution in [1.29, 1.82) is 0 Å². The van der Waals surface area contributed by atoms with E-state index in [9.17, 15) is 4.79 Å². The van der Waals surface area contributed by atoms with Gasteiger partial charge in [-0.1, -0.05) is 13.3 Å². The summed E-state index contributed by atoms with van der Waals surface area (Å²) in [5.74, 6) is 0. The van der Waals surface area contributed by atoms with Gasteiger partial charge < -0.3 is 5.11 Å². The quantitative estimate of drug-likeness (QED) is 0.709. The van der Waals surface area contributed by atoms with Gasteiger partial charge in [-0.05, 0) is 18.1 Å². The standard InChI is InChI=1S/C10H13NO2/c1-2-3-8-4-9(6-12)10(7-13)11-5-8/h4-5,7,12H,2-3,6H2,1H3. The van der Waals surface area contributed by atoms with E-state index in [0.29, 0.717) is 17.5 Å². The molecule has 1 aromatic rings. The zero-order valence-corrected chi connectivity index (χ0v) is 7.66. The minimum atomic E-state index is -0.126. The molecule has 0 radical (unpaired) electrons. The van der Waals surface area contributed by atoms with Crippen LogP contribution in [0.5, 0.6) is 0 Å². The van der Waals surface area contributed by atoms with Gasteiger partial charge in [-0.2, -0.15) is 0 Å². The van der Waals surface area contributed by atoms with Crippen molar-refractivity contribution in [2.45, 2.75) is 26.4 Å². The second-order valence-electron chi connectivity index (χ2n) is 2.91. The highest BCUT2D eigenvalue weighted by Crippen LogP contribution is 2.09. The molecule has 1 N–H and O–H groups in total. The monoisotopic (exact) mass is 179 g/mol. The second kappa shape index (κ2) is 4.72. The average Bonchev–Trinajstić information content (AvgIpc) is 2.18. The predicted octanol–water partition coefficient (Wildman–Crippen LogP) is 1.34. The summed E-state index contributed by atoms with van der Waals surface area (Å²) in [6.45, 7) is 1.95. The number of rotatable bonds is 4. The number of hydrogen-bond donors (Lipinski definition) is 1. The minimum Gasteiger partial charge on any atom is -0.392 e. The molecule has 70 valence electrons. The van der Waals surface area contributed by atoms with Crippen LogP contribution < -0.4 is 0 Å². The lowest BCUT2D eigenvalue weighted by atomic mass is 10.1. The topological polar surface area (TPSA) is 50.2 Å². The van der Waals surface area contributed by atoms with Crippen molar-refractivity contribution in [3.63, 3.8) is 0 Å². The number of carbonyl (C=O) groups excluding carboxylic acids is 1. The summed E-state index contributed by atoms with van der Waals surface area (Å²) in [4.78, 5) is 14.4. The van der Waals surface area contributed by atoms with Crippen molar-refractivity contribution in [3.8, 4) is 0 Å². The normalized spacial score (nSPS) is 10.0. The molecule has 0 fully saturated rings. The van der Waals surface area contributed by atoms with Gasteiger partial charge in [0, 0.05) is 11.8 Å². The molecule has 3 nitrogen and oxygen atoms in total. The Morgan fingerprint density at radius 3 is 2.92 bits per heavy atom. The van der Waals surface area contributed by atoms with Gasteiger partial charge in [0.25, 0.3) is 0 Å². The van der Waals surface area contributed by atoms with Crippen LogP contribution >= 0.6 is 0 Å². The molecule has 0 aliphatic heterocycles. The third-order valence-corrected chi connectivity index (χ3v) is 1.88. The Kier molecular flexibility index (Phi) is 3.58. The molecular formula is C10H13NO2. The van der Waals surface area contributed by atoms with E-state index < -0.39 is 0 Å². The first kappa shape index (κ1) is 9.86. The first-order chi connectivity index (χ1) is 6.31. The van der Waals surface area contributed by atoms with Crippen LogP contribution in [0.1, 0.15) is 35.0 Å². The maximum absolute atomic E-state index is 10.5. The van der Waals surface area contributed by atoms with E-state index in [-0.39, 0.29) is 6.61 Å². The summed E-state index contributed by atoms with van der Waals surface area (Å²) in [5.41, 5.74) is 2.01. The number of carbonyl (C=O) groups is 1. The molecule has 1 aromatic heterocycles. The van der Waals surface area contributed by atoms with E-state index in [0.717, 1.165) is 18.4 Å². The highest BCUT2D eigenvalue weighted by atomic mass is 16.3. The van der Waals surface area contributed by atoms with Gasteiger partial charge in [0.1, 0.15) is 5.69 Å². The van der Waals surface area contributed by atoms with Crippen molar-refractivity contribution in [2.24, 2.45) is 0 Å². The molecule has 3 heteroatoms. The number of aromatic nitrogens is 1. The van der Waals surface area contributed by atoms with Gasteiger partial charge in [0.15, 0.2) is 6.29 Å². The van der Waals surface area contributed by atoms with Crippen LogP contribution in [-0.2, 0) is 13.0 Å². The molecular weight excluding hydrogens is 166 g/mol. The Bertz CT molecular complexity index is 297. The van der Waals surface area contributed by atoms with Crippen LogP contribution in [0.3, 0.4) is 0 Å². The molecule has 0 saturated heterocycles. The molecule has 1 heterocycles. The van der Waals surface area contributed by atoms with Gasteiger partial charge >= 0.3 is 0 Å². The third kappa shape index (κ3) is 2.36. The molecule has 0 saturated carbocycles. The van der Waals surface area contributed by atoms with Gasteiger partial charge in [-0.25, -0.2) is 0 Å². The Morgan fingerprint density at radius 2 is 2.38 bits per heavy atom. The van der Waals surface area contributed by atoms with Crippen LogP contribution in [0.4, 0.5) is 0 Å². The van der Waals surface area contributed by atoms with Gasteiger partial charge in [-0.3, -0.25) is 9.78 Å². The summed E-state index contributed by atoms with van der Waals surface area (Å²) in [5, 5.41) is 8.94. The van der Waals surface area contributed by atoms with E-state index in [2.05, 4.69) is 11.9 Å². The number of aliphatic hydroxyl groups is 1. The van der Waals surface area contributed by atoms with Crippen LogP contribution in [0.15, 0.2) is 12.3 Å². The first-order valence-electron chi connectivity index (χ1n) is 4.35. The number of hydrogen-bond acceptors (Lipinski definition) is 3. The fourth-order valence-corrected chi connectivity index (χ4v) is 1.23. The SMILES string of the molecule is CCCc1cnc(C=O)c(CO)c1. The Morgan fingerprint density at radius 1 is 1.62 bits per heavy atom. The van der Waals surface area contributed by atoms with Crippen molar-refractivity contribution in [1.82, 2.24) is 4.98 Å². The predicted molar refractivity (Wildman–Crippen MR) is 49.5 cm³/mol. The zero-order chi connectivity index (χ0) is 9.68. The Balaban J connectivity index is 2.98. The lowest BCUT2D eigenvalue weighted by Gasteiger charge is -2.03. The highest BCUT2D eigenvalue weighted by Gasteiger charge is 2.02. The van der Waals surface area contributed by atoms with Crippen LogP contribution in [-0.4, -0.2) is 16.4 Å². The number of aryl methyl sites for hydroxylation is 1. The zero-order valence-electron chi connectivity index (χ0n) is 7.66. The molecule has 0 unspecified atom stereocenters. The smallest absolute Gasteiger partial charge is 0.168 e. The highest BCUT2D eigenvalue weighted by molar-refractivity contribution is 5.74. The molecule has 1 rings (SSSR count). The molecule has 0 bridgehead atoms. The van der Waals surface area contributed by atoms with E-state index in [1.54, 1.807) is 6.20 Å². The van der Waals surface area contributed by atoms with Gasteiger partial charge in [0.2, 0.25) is 0 Å². The van der Waals surface area contributed by atoms with Crippen molar-refractivity contribution < 1.29 is 9.90 Å². The van der Waals surface area contributed by atoms with Crippen LogP contribution in [0, 0.1) is 0 Å². The number of aliphatic hydroxyl groups excluding tert-OH is 1. The number of nitrogens with zero attached hydrogens (tertiary/aromatic N) is 1. The molecule has 13 heavy (non-hydrogen) atoms. The maximum Gasteiger partial charge on any atom is 0.168 e. The van der Waals surface area contributed by atoms with Gasteiger partial charge in [0.05, 0.1) is 6.61 Å². The summed E-state index contributed by atoms with van der Waals surface area (Å²) < 4.78 is 0. The van der Waals surface area contributed by atoms with Crippen molar-refractivity contribution in [2.75, 3.05) is 0 Å². The summed E-state index contributed by atoms with van der Waals surface area (Å²) in [7, 11) is 0. The molecule has 0 atom stereocenters. The second-order valence-corrected chi connectivity index (χ2v) is 2.91. The molecule has 0 aromatic carbocycles. The molecule has 0 aliphatic carbocycles. The fraction of sp³-hybridized carbons (Fsp3) is 0.400. The Hall–Kier alpha value is -1.22. The minimum absolute atomic E-state index is 0.126. The largest absolute Gasteiger partial charge is 0.392 e. The summed E-state index contributed by atoms with van der Waals surface area (Å²) in [6, 6.07) is 1.83. The van der Waals surface area contributed by atoms with Gasteiger partial charge in [-0.15, -0.1) is 0 Å². The van der Waals surface area contributed by atoms with Crippen LogP contribution in [0.25, 0.3) is 0 Å². The molecule has 0 spiro atoms. The number of aldehydes is 1. The molecule has 0 amide bonds. The van der Waals surface area contributed by atoms with E-state index in [4.69, 9.17) is 5.11 Å². The first-order valence-corrected chi connectivity index (χ1v) is 4.35. The van der Waals surface area contributed by atoms with Crippen molar-refractivity contribution >= 4 is 6.29 Å². The van der Waals surface area contributed by atoms with Crippen molar-refractivity contribution in [3.05, 3.63) is 29.1 Å². The van der Waals surface area contributed by atoms with E-state index >= 15 is 0 Å². The van der Waals surface area contributed by atoms with Crippen LogP contribution in [0.2, 0.25) is 0 Å². The number of pyridine rings is 1. The Labute approximate surface area is 77.4 Å². The summed E-state index contributed by atoms with van der Waals surface area (Å²) >= 11 is 0. The van der Waals surface area contributed by atoms with E-state index in [1.165, 1.54) is 0 Å². The average molecular weight is 179 g/mol. The third-order valence-electron chi connectivity index (χ3n) is 1.88.